The zero-order valence-corrected chi connectivity index (χ0v) is 22.0. The van der Waals surface area contributed by atoms with Crippen molar-refractivity contribution in [1.82, 2.24) is 15.0 Å². The summed E-state index contributed by atoms with van der Waals surface area (Å²) in [6.45, 7) is 11.6. The van der Waals surface area contributed by atoms with Crippen LogP contribution in [0.5, 0.6) is 17.6 Å². The van der Waals surface area contributed by atoms with Crippen LogP contribution >= 0.6 is 0 Å². The second-order valence-corrected chi connectivity index (χ2v) is 10.1. The highest BCUT2D eigenvalue weighted by molar-refractivity contribution is 5.83. The summed E-state index contributed by atoms with van der Waals surface area (Å²) in [5, 5.41) is 12.9. The number of aliphatic hydroxyl groups excluding tert-OH is 1. The van der Waals surface area contributed by atoms with Gasteiger partial charge in [-0.3, -0.25) is 4.98 Å². The normalized spacial score (nSPS) is 25.6. The van der Waals surface area contributed by atoms with Gasteiger partial charge in [-0.2, -0.15) is 9.97 Å². The monoisotopic (exact) mass is 505 g/mol. The van der Waals surface area contributed by atoms with Crippen molar-refractivity contribution in [2.45, 2.75) is 45.4 Å². The van der Waals surface area contributed by atoms with Gasteiger partial charge in [0.25, 0.3) is 0 Å². The minimum absolute atomic E-state index is 0.00723. The molecule has 1 aromatic carbocycles. The molecular formula is C29H37N4O4+. The number of fused-ring (bicyclic) bond motifs is 4. The van der Waals surface area contributed by atoms with Gasteiger partial charge in [0, 0.05) is 36.4 Å². The van der Waals surface area contributed by atoms with Crippen LogP contribution in [-0.2, 0) is 6.54 Å². The Balaban J connectivity index is 1.55. The summed E-state index contributed by atoms with van der Waals surface area (Å²) in [4.78, 5) is 13.7. The van der Waals surface area contributed by atoms with Gasteiger partial charge in [0.1, 0.15) is 30.1 Å². The van der Waals surface area contributed by atoms with Crippen molar-refractivity contribution < 1.29 is 23.8 Å². The molecule has 8 heteroatoms. The number of ether oxygens (including phenoxy) is 3. The van der Waals surface area contributed by atoms with Crippen LogP contribution in [0, 0.1) is 11.8 Å². The van der Waals surface area contributed by atoms with Crippen molar-refractivity contribution in [3.05, 3.63) is 60.4 Å². The minimum atomic E-state index is -0.661. The highest BCUT2D eigenvalue weighted by Gasteiger charge is 2.54. The molecule has 2 bridgehead atoms. The highest BCUT2D eigenvalue weighted by atomic mass is 16.5. The summed E-state index contributed by atoms with van der Waals surface area (Å²) in [6, 6.07) is 10.0. The molecule has 196 valence electrons. The maximum Gasteiger partial charge on any atom is 0.320 e. The van der Waals surface area contributed by atoms with E-state index in [2.05, 4.69) is 22.6 Å². The first kappa shape index (κ1) is 25.4. The van der Waals surface area contributed by atoms with Gasteiger partial charge in [-0.25, -0.2) is 0 Å². The number of rotatable bonds is 10. The van der Waals surface area contributed by atoms with E-state index in [0.29, 0.717) is 43.5 Å². The topological polar surface area (TPSA) is 86.6 Å². The Kier molecular flexibility index (Phi) is 7.31. The number of hydrogen-bond donors (Lipinski definition) is 1. The molecule has 37 heavy (non-hydrogen) atoms. The van der Waals surface area contributed by atoms with Crippen molar-refractivity contribution in [2.75, 3.05) is 33.4 Å². The average Bonchev–Trinajstić information content (AvgIpc) is 2.92. The quantitative estimate of drug-likeness (QED) is 0.321. The van der Waals surface area contributed by atoms with E-state index >= 15 is 0 Å². The fourth-order valence-corrected chi connectivity index (χ4v) is 6.39. The zero-order valence-electron chi connectivity index (χ0n) is 22.0. The van der Waals surface area contributed by atoms with E-state index in [1.807, 2.05) is 44.2 Å². The second kappa shape index (κ2) is 10.6. The molecule has 3 saturated heterocycles. The number of pyridine rings is 1. The first-order chi connectivity index (χ1) is 18.0. The van der Waals surface area contributed by atoms with Crippen molar-refractivity contribution >= 4 is 10.9 Å². The third kappa shape index (κ3) is 4.88. The van der Waals surface area contributed by atoms with Gasteiger partial charge in [-0.1, -0.05) is 6.08 Å². The molecule has 2 aromatic heterocycles. The molecule has 5 heterocycles. The van der Waals surface area contributed by atoms with Gasteiger partial charge >= 0.3 is 6.01 Å². The van der Waals surface area contributed by atoms with E-state index in [1.165, 1.54) is 0 Å². The van der Waals surface area contributed by atoms with Crippen LogP contribution in [0.3, 0.4) is 0 Å². The fourth-order valence-electron chi connectivity index (χ4n) is 6.39. The first-order valence-electron chi connectivity index (χ1n) is 13.2. The maximum atomic E-state index is 12.0. The lowest BCUT2D eigenvalue weighted by Crippen LogP contribution is -2.67. The SMILES string of the molecule is C=CC1C[N+]2(Cc3cc(OCC)nc(OCC)n3)CCC1CC2[C@H](O)c1ccnc2ccc(OC)cc12. The summed E-state index contributed by atoms with van der Waals surface area (Å²) in [7, 11) is 1.66. The zero-order chi connectivity index (χ0) is 26.0. The number of benzene rings is 1. The van der Waals surface area contributed by atoms with Crippen LogP contribution < -0.4 is 14.2 Å². The van der Waals surface area contributed by atoms with Crippen molar-refractivity contribution in [3.8, 4) is 17.6 Å². The lowest BCUT2D eigenvalue weighted by molar-refractivity contribution is -0.985. The molecule has 0 amide bonds. The molecule has 3 aliphatic heterocycles. The lowest BCUT2D eigenvalue weighted by Gasteiger charge is -2.58. The molecule has 0 spiro atoms. The summed E-state index contributed by atoms with van der Waals surface area (Å²) in [5.74, 6) is 2.20. The Morgan fingerprint density at radius 2 is 2.00 bits per heavy atom. The Hall–Kier alpha value is -3.23. The van der Waals surface area contributed by atoms with E-state index in [0.717, 1.165) is 58.3 Å². The standard InChI is InChI=1S/C29H37N4O4/c1-5-19-17-33(18-21-15-27(36-6-2)32-29(31-21)37-7-3)13-11-20(19)14-26(33)28(34)23-10-12-30-25-9-8-22(35-4)16-24(23)25/h5,8-10,12,15-16,19-20,26,28,34H,1,6-7,11,13-14,17-18H2,2-4H3/q+1/t19?,20?,26?,28-,33?/m1/s1. The molecule has 6 rings (SSSR count). The van der Waals surface area contributed by atoms with Gasteiger partial charge in [0.2, 0.25) is 5.88 Å². The predicted octanol–water partition coefficient (Wildman–Crippen LogP) is 4.48. The highest BCUT2D eigenvalue weighted by Crippen LogP contribution is 2.48. The number of nitrogens with zero attached hydrogens (tertiary/aromatic N) is 4. The van der Waals surface area contributed by atoms with E-state index in [4.69, 9.17) is 19.2 Å². The summed E-state index contributed by atoms with van der Waals surface area (Å²) in [6.07, 6.45) is 5.25. The summed E-state index contributed by atoms with van der Waals surface area (Å²) >= 11 is 0. The molecule has 0 aliphatic carbocycles. The van der Waals surface area contributed by atoms with E-state index in [9.17, 15) is 5.11 Å². The maximum absolute atomic E-state index is 12.0. The van der Waals surface area contributed by atoms with E-state index < -0.39 is 6.10 Å². The van der Waals surface area contributed by atoms with Gasteiger partial charge in [-0.15, -0.1) is 6.58 Å². The smallest absolute Gasteiger partial charge is 0.320 e. The summed E-state index contributed by atoms with van der Waals surface area (Å²) in [5.41, 5.74) is 2.60. The number of hydrogen-bond acceptors (Lipinski definition) is 7. The Morgan fingerprint density at radius 3 is 2.76 bits per heavy atom. The van der Waals surface area contributed by atoms with Crippen molar-refractivity contribution in [2.24, 2.45) is 11.8 Å². The number of quaternary nitrogens is 1. The van der Waals surface area contributed by atoms with Crippen LogP contribution in [0.15, 0.2) is 49.2 Å². The molecular weight excluding hydrogens is 468 g/mol. The molecule has 0 saturated carbocycles. The molecule has 3 fully saturated rings. The second-order valence-electron chi connectivity index (χ2n) is 10.1. The third-order valence-electron chi connectivity index (χ3n) is 8.12. The summed E-state index contributed by atoms with van der Waals surface area (Å²) < 4.78 is 17.6. The van der Waals surface area contributed by atoms with E-state index in [-0.39, 0.29) is 6.04 Å². The Labute approximate surface area is 218 Å². The number of aliphatic hydroxyl groups is 1. The first-order valence-corrected chi connectivity index (χ1v) is 13.2. The van der Waals surface area contributed by atoms with Gasteiger partial charge in [-0.05, 0) is 49.6 Å². The predicted molar refractivity (Wildman–Crippen MR) is 142 cm³/mol. The molecule has 4 unspecified atom stereocenters. The van der Waals surface area contributed by atoms with Crippen LogP contribution in [0.1, 0.15) is 44.1 Å². The molecule has 1 N–H and O–H groups in total. The van der Waals surface area contributed by atoms with Gasteiger partial charge < -0.3 is 23.8 Å². The largest absolute Gasteiger partial charge is 0.497 e. The Morgan fingerprint density at radius 1 is 1.16 bits per heavy atom. The minimum Gasteiger partial charge on any atom is -0.497 e. The van der Waals surface area contributed by atoms with Crippen molar-refractivity contribution in [1.29, 1.82) is 0 Å². The lowest BCUT2D eigenvalue weighted by atomic mass is 9.71. The van der Waals surface area contributed by atoms with Crippen LogP contribution in [0.4, 0.5) is 0 Å². The number of piperidine rings is 3. The van der Waals surface area contributed by atoms with Gasteiger partial charge in [0.15, 0.2) is 0 Å². The fraction of sp³-hybridized carbons (Fsp3) is 0.483. The molecule has 5 atom stereocenters. The molecule has 3 aliphatic rings. The van der Waals surface area contributed by atoms with Crippen molar-refractivity contribution in [3.63, 3.8) is 0 Å². The van der Waals surface area contributed by atoms with Crippen LogP contribution in [0.25, 0.3) is 10.9 Å². The third-order valence-corrected chi connectivity index (χ3v) is 8.12. The van der Waals surface area contributed by atoms with Crippen LogP contribution in [-0.4, -0.2) is 64.0 Å². The number of methoxy groups -OCH3 is 1. The Bertz CT molecular complexity index is 1240. The average molecular weight is 506 g/mol. The molecule has 3 aromatic rings. The van der Waals surface area contributed by atoms with Crippen LogP contribution in [0.2, 0.25) is 0 Å². The van der Waals surface area contributed by atoms with E-state index in [1.54, 1.807) is 13.3 Å². The molecule has 8 nitrogen and oxygen atoms in total. The molecule has 0 radical (unpaired) electrons. The number of aromatic nitrogens is 3. The van der Waals surface area contributed by atoms with Gasteiger partial charge in [0.05, 0.1) is 38.9 Å².